The summed E-state index contributed by atoms with van der Waals surface area (Å²) < 4.78 is 25.2. The van der Waals surface area contributed by atoms with E-state index in [-0.39, 0.29) is 22.3 Å². The number of nitrogens with two attached hydrogens (primary N) is 1. The first kappa shape index (κ1) is 20.7. The molecule has 2 heterocycles. The van der Waals surface area contributed by atoms with Gasteiger partial charge in [0.25, 0.3) is 6.10 Å². The number of rotatable bonds is 9. The zero-order valence-electron chi connectivity index (χ0n) is 13.7. The third kappa shape index (κ3) is 4.39. The topological polar surface area (TPSA) is 183 Å². The number of hydrogen-bond donors (Lipinski definition) is 4. The Morgan fingerprint density at radius 2 is 2.00 bits per heavy atom. The number of aromatic nitrogens is 4. The standard InChI is InChI=1S/C13H15ClFN5O7/c1-26-4(2-27-7(11(22)23)12(24)25)6(21)8(15)20-3-17-5-9(16)18-13(14)19-10(5)20/h3-4,6-8,21H,2H2,1H3,(H,22,23)(H,24,25)(H2,16,18,19)/t4-,6-,8-/m1/s1. The van der Waals surface area contributed by atoms with Gasteiger partial charge in [0.05, 0.1) is 12.9 Å². The highest BCUT2D eigenvalue weighted by Crippen LogP contribution is 2.25. The number of carbonyl (C=O) groups is 2. The van der Waals surface area contributed by atoms with Gasteiger partial charge >= 0.3 is 11.9 Å². The molecule has 14 heteroatoms. The maximum absolute atomic E-state index is 14.8. The maximum atomic E-state index is 14.8. The first-order chi connectivity index (χ1) is 12.7. The molecule has 0 aromatic carbocycles. The van der Waals surface area contributed by atoms with E-state index in [9.17, 15) is 19.1 Å². The summed E-state index contributed by atoms with van der Waals surface area (Å²) in [5.41, 5.74) is 5.58. The van der Waals surface area contributed by atoms with Crippen LogP contribution in [0.2, 0.25) is 5.28 Å². The lowest BCUT2D eigenvalue weighted by molar-refractivity contribution is -0.172. The van der Waals surface area contributed by atoms with Gasteiger partial charge in [-0.05, 0) is 11.6 Å². The molecule has 12 nitrogen and oxygen atoms in total. The van der Waals surface area contributed by atoms with Crippen LogP contribution in [0.25, 0.3) is 11.2 Å². The molecule has 0 radical (unpaired) electrons. The van der Waals surface area contributed by atoms with E-state index in [1.54, 1.807) is 0 Å². The van der Waals surface area contributed by atoms with Gasteiger partial charge in [-0.3, -0.25) is 4.57 Å². The van der Waals surface area contributed by atoms with Gasteiger partial charge in [-0.25, -0.2) is 19.0 Å². The van der Waals surface area contributed by atoms with Crippen molar-refractivity contribution in [2.24, 2.45) is 0 Å². The molecule has 27 heavy (non-hydrogen) atoms. The number of carboxylic acids is 2. The molecule has 2 rings (SSSR count). The summed E-state index contributed by atoms with van der Waals surface area (Å²) in [6.07, 6.45) is -6.68. The van der Waals surface area contributed by atoms with Crippen LogP contribution in [0.15, 0.2) is 6.33 Å². The van der Waals surface area contributed by atoms with E-state index in [0.717, 1.165) is 18.0 Å². The number of halogens is 2. The van der Waals surface area contributed by atoms with E-state index in [1.807, 2.05) is 0 Å². The molecule has 0 fully saturated rings. The average Bonchev–Trinajstić information content (AvgIpc) is 3.00. The Balaban J connectivity index is 2.20. The number of carboxylic acid groups (broad SMARTS) is 2. The third-order valence-electron chi connectivity index (χ3n) is 3.53. The van der Waals surface area contributed by atoms with Crippen molar-refractivity contribution in [2.75, 3.05) is 19.5 Å². The van der Waals surface area contributed by atoms with Gasteiger partial charge in [-0.15, -0.1) is 0 Å². The molecule has 5 N–H and O–H groups in total. The van der Waals surface area contributed by atoms with E-state index in [4.69, 9.17) is 37.0 Å². The van der Waals surface area contributed by atoms with Gasteiger partial charge < -0.3 is 30.5 Å². The monoisotopic (exact) mass is 407 g/mol. The van der Waals surface area contributed by atoms with Crippen molar-refractivity contribution in [1.82, 2.24) is 19.5 Å². The highest BCUT2D eigenvalue weighted by molar-refractivity contribution is 6.28. The number of alkyl halides is 1. The third-order valence-corrected chi connectivity index (χ3v) is 3.70. The normalized spacial score (nSPS) is 15.0. The van der Waals surface area contributed by atoms with Gasteiger partial charge in [0.1, 0.15) is 17.7 Å². The number of nitrogens with zero attached hydrogens (tertiary/aromatic N) is 4. The second-order valence-corrected chi connectivity index (χ2v) is 5.57. The minimum atomic E-state index is -2.20. The maximum Gasteiger partial charge on any atom is 0.344 e. The molecule has 148 valence electrons. The van der Waals surface area contributed by atoms with Crippen LogP contribution in [0.5, 0.6) is 0 Å². The van der Waals surface area contributed by atoms with E-state index in [2.05, 4.69) is 15.0 Å². The molecule has 0 spiro atoms. The number of methoxy groups -OCH3 is 1. The number of aliphatic carboxylic acids is 2. The summed E-state index contributed by atoms with van der Waals surface area (Å²) in [4.78, 5) is 32.9. The lowest BCUT2D eigenvalue weighted by Crippen LogP contribution is -2.41. The Hall–Kier alpha value is -2.61. The molecule has 0 aliphatic carbocycles. The van der Waals surface area contributed by atoms with Crippen molar-refractivity contribution < 1.29 is 38.8 Å². The first-order valence-electron chi connectivity index (χ1n) is 7.25. The molecule has 0 aliphatic rings. The average molecular weight is 408 g/mol. The fourth-order valence-corrected chi connectivity index (χ4v) is 2.35. The predicted molar refractivity (Wildman–Crippen MR) is 86.7 cm³/mol. The number of imidazole rings is 1. The van der Waals surface area contributed by atoms with E-state index in [0.29, 0.717) is 0 Å². The van der Waals surface area contributed by atoms with Crippen LogP contribution >= 0.6 is 11.6 Å². The predicted octanol–water partition coefficient (Wildman–Crippen LogP) is -0.540. The zero-order valence-corrected chi connectivity index (χ0v) is 14.4. The zero-order chi connectivity index (χ0) is 20.3. The lowest BCUT2D eigenvalue weighted by atomic mass is 10.2. The summed E-state index contributed by atoms with van der Waals surface area (Å²) in [5, 5.41) is 27.5. The van der Waals surface area contributed by atoms with Crippen molar-refractivity contribution >= 4 is 40.5 Å². The van der Waals surface area contributed by atoms with Gasteiger partial charge in [-0.2, -0.15) is 9.97 Å². The number of aliphatic hydroxyl groups excluding tert-OH is 1. The molecular weight excluding hydrogens is 393 g/mol. The molecule has 2 aromatic rings. The van der Waals surface area contributed by atoms with E-state index in [1.165, 1.54) is 0 Å². The van der Waals surface area contributed by atoms with Crippen molar-refractivity contribution in [3.8, 4) is 0 Å². The number of nitrogen functional groups attached to an aromatic ring is 1. The summed E-state index contributed by atoms with van der Waals surface area (Å²) in [5.74, 6) is -3.61. The van der Waals surface area contributed by atoms with Crippen LogP contribution in [0.1, 0.15) is 6.30 Å². The molecule has 3 atom stereocenters. The summed E-state index contributed by atoms with van der Waals surface area (Å²) in [7, 11) is 1.10. The summed E-state index contributed by atoms with van der Waals surface area (Å²) >= 11 is 5.69. The largest absolute Gasteiger partial charge is 0.479 e. The summed E-state index contributed by atoms with van der Waals surface area (Å²) in [6.45, 7) is -0.716. The van der Waals surface area contributed by atoms with Crippen LogP contribution in [0, 0.1) is 0 Å². The van der Waals surface area contributed by atoms with Crippen molar-refractivity contribution in [1.29, 1.82) is 0 Å². The minimum absolute atomic E-state index is 0.0521. The van der Waals surface area contributed by atoms with Gasteiger partial charge in [-0.1, -0.05) is 0 Å². The number of fused-ring (bicyclic) bond motifs is 1. The van der Waals surface area contributed by atoms with Gasteiger partial charge in [0.2, 0.25) is 11.6 Å². The fraction of sp³-hybridized carbons (Fsp3) is 0.462. The fourth-order valence-electron chi connectivity index (χ4n) is 2.18. The number of hydrogen-bond acceptors (Lipinski definition) is 9. The smallest absolute Gasteiger partial charge is 0.344 e. The SMILES string of the molecule is CO[C@H](COC(C(=O)O)C(=O)O)[C@@H](O)[C@H](F)n1cnc2c(N)nc(Cl)nc21. The van der Waals surface area contributed by atoms with Crippen LogP contribution in [-0.2, 0) is 19.1 Å². The molecule has 0 bridgehead atoms. The molecule has 0 amide bonds. The molecule has 0 unspecified atom stereocenters. The second-order valence-electron chi connectivity index (χ2n) is 5.23. The Morgan fingerprint density at radius 3 is 2.56 bits per heavy atom. The first-order valence-corrected chi connectivity index (χ1v) is 7.62. The lowest BCUT2D eigenvalue weighted by Gasteiger charge is -2.25. The van der Waals surface area contributed by atoms with Gasteiger partial charge in [0, 0.05) is 7.11 Å². The van der Waals surface area contributed by atoms with E-state index >= 15 is 0 Å². The quantitative estimate of drug-likeness (QED) is 0.309. The highest BCUT2D eigenvalue weighted by Gasteiger charge is 2.34. The van der Waals surface area contributed by atoms with Crippen molar-refractivity contribution in [3.05, 3.63) is 11.6 Å². The molecule has 0 saturated carbocycles. The Kier molecular flexibility index (Phi) is 6.43. The Bertz CT molecular complexity index is 836. The molecule has 0 aliphatic heterocycles. The number of aliphatic hydroxyl groups is 1. The molecule has 0 saturated heterocycles. The molecular formula is C13H15ClFN5O7. The molecule has 2 aromatic heterocycles. The second kappa shape index (κ2) is 8.39. The van der Waals surface area contributed by atoms with E-state index < -0.39 is 43.2 Å². The minimum Gasteiger partial charge on any atom is -0.479 e. The van der Waals surface area contributed by atoms with Gasteiger partial charge in [0.15, 0.2) is 11.5 Å². The number of anilines is 1. The van der Waals surface area contributed by atoms with Crippen LogP contribution < -0.4 is 5.73 Å². The van der Waals surface area contributed by atoms with Crippen LogP contribution in [-0.4, -0.2) is 78.8 Å². The Labute approximate surface area is 155 Å². The van der Waals surface area contributed by atoms with Crippen molar-refractivity contribution in [2.45, 2.75) is 24.6 Å². The van der Waals surface area contributed by atoms with Crippen LogP contribution in [0.4, 0.5) is 10.2 Å². The Morgan fingerprint density at radius 1 is 1.37 bits per heavy atom. The summed E-state index contributed by atoms with van der Waals surface area (Å²) in [6, 6.07) is 0. The van der Waals surface area contributed by atoms with Crippen molar-refractivity contribution in [3.63, 3.8) is 0 Å². The van der Waals surface area contributed by atoms with Crippen LogP contribution in [0.3, 0.4) is 0 Å². The number of ether oxygens (including phenoxy) is 2. The highest BCUT2D eigenvalue weighted by atomic mass is 35.5.